The molecule has 4 rings (SSSR count). The standard InChI is InChI=1S/C24H24N4O.CH4/c1-15-4-3-5-19(10-15)23(13-25)28-24(29)22-12-18(8-9-26-22)17-6-7-20-14-27-16(2)21(20)11-17;/h3-12,23H,13-14,25H2,1-2H3,(H,28,29);1H4. The van der Waals surface area contributed by atoms with E-state index in [2.05, 4.69) is 33.5 Å². The van der Waals surface area contributed by atoms with Gasteiger partial charge in [-0.25, -0.2) is 0 Å². The minimum Gasteiger partial charge on any atom is -0.343 e. The van der Waals surface area contributed by atoms with Crippen molar-refractivity contribution in [3.8, 4) is 11.1 Å². The number of aryl methyl sites for hydroxylation is 1. The van der Waals surface area contributed by atoms with Crippen LogP contribution >= 0.6 is 0 Å². The second-order valence-electron chi connectivity index (χ2n) is 7.38. The minimum absolute atomic E-state index is 0. The maximum atomic E-state index is 12.8. The molecule has 3 aromatic rings. The second kappa shape index (κ2) is 9.01. The molecule has 0 saturated heterocycles. The molecule has 3 N–H and O–H groups in total. The third-order valence-corrected chi connectivity index (χ3v) is 5.30. The molecular weight excluding hydrogens is 372 g/mol. The molecule has 1 atom stereocenters. The van der Waals surface area contributed by atoms with E-state index in [9.17, 15) is 4.79 Å². The van der Waals surface area contributed by atoms with Gasteiger partial charge < -0.3 is 11.1 Å². The van der Waals surface area contributed by atoms with Gasteiger partial charge in [0.25, 0.3) is 5.91 Å². The van der Waals surface area contributed by atoms with Crippen LogP contribution in [0.5, 0.6) is 0 Å². The van der Waals surface area contributed by atoms with Crippen molar-refractivity contribution in [2.45, 2.75) is 33.9 Å². The molecule has 0 aliphatic carbocycles. The van der Waals surface area contributed by atoms with Crippen LogP contribution in [-0.4, -0.2) is 23.1 Å². The van der Waals surface area contributed by atoms with E-state index in [0.29, 0.717) is 12.2 Å². The van der Waals surface area contributed by atoms with Gasteiger partial charge in [-0.05, 0) is 54.3 Å². The summed E-state index contributed by atoms with van der Waals surface area (Å²) in [6, 6.07) is 17.8. The second-order valence-corrected chi connectivity index (χ2v) is 7.38. The molecule has 154 valence electrons. The fraction of sp³-hybridized carbons (Fsp3) is 0.240. The molecule has 2 heterocycles. The summed E-state index contributed by atoms with van der Waals surface area (Å²) in [5, 5.41) is 3.01. The molecule has 0 radical (unpaired) electrons. The van der Waals surface area contributed by atoms with Crippen molar-refractivity contribution >= 4 is 11.6 Å². The first kappa shape index (κ1) is 21.4. The Labute approximate surface area is 178 Å². The van der Waals surface area contributed by atoms with Crippen LogP contribution in [0.25, 0.3) is 11.1 Å². The van der Waals surface area contributed by atoms with Gasteiger partial charge >= 0.3 is 0 Å². The Morgan fingerprint density at radius 2 is 1.90 bits per heavy atom. The maximum Gasteiger partial charge on any atom is 0.270 e. The average molecular weight is 401 g/mol. The van der Waals surface area contributed by atoms with E-state index in [1.54, 1.807) is 6.20 Å². The first-order chi connectivity index (χ1) is 14.0. The summed E-state index contributed by atoms with van der Waals surface area (Å²) in [4.78, 5) is 21.6. The number of aliphatic imine (C=N–C) groups is 1. The van der Waals surface area contributed by atoms with Gasteiger partial charge in [0.1, 0.15) is 5.69 Å². The van der Waals surface area contributed by atoms with Crippen molar-refractivity contribution in [1.82, 2.24) is 10.3 Å². The molecular formula is C25H28N4O. The van der Waals surface area contributed by atoms with E-state index in [1.807, 2.05) is 50.2 Å². The van der Waals surface area contributed by atoms with Gasteiger partial charge in [-0.1, -0.05) is 49.4 Å². The van der Waals surface area contributed by atoms with Crippen LogP contribution in [0.4, 0.5) is 0 Å². The van der Waals surface area contributed by atoms with Crippen molar-refractivity contribution in [1.29, 1.82) is 0 Å². The minimum atomic E-state index is -0.258. The van der Waals surface area contributed by atoms with E-state index in [4.69, 9.17) is 5.73 Å². The number of pyridine rings is 1. The summed E-state index contributed by atoms with van der Waals surface area (Å²) in [5.41, 5.74) is 13.9. The Hall–Kier alpha value is -3.31. The lowest BCUT2D eigenvalue weighted by molar-refractivity contribution is 0.0933. The number of rotatable bonds is 5. The molecule has 0 bridgehead atoms. The van der Waals surface area contributed by atoms with E-state index in [-0.39, 0.29) is 19.4 Å². The summed E-state index contributed by atoms with van der Waals surface area (Å²) in [7, 11) is 0. The van der Waals surface area contributed by atoms with Gasteiger partial charge in [0.05, 0.1) is 12.6 Å². The smallest absolute Gasteiger partial charge is 0.270 e. The van der Waals surface area contributed by atoms with Crippen LogP contribution in [0.3, 0.4) is 0 Å². The zero-order valence-electron chi connectivity index (χ0n) is 16.6. The number of nitrogens with two attached hydrogens (primary N) is 1. The fourth-order valence-electron chi connectivity index (χ4n) is 3.65. The number of amides is 1. The predicted octanol–water partition coefficient (Wildman–Crippen LogP) is 4.45. The molecule has 2 aromatic carbocycles. The zero-order chi connectivity index (χ0) is 20.4. The highest BCUT2D eigenvalue weighted by Gasteiger charge is 2.17. The normalized spacial score (nSPS) is 13.1. The Bertz CT molecular complexity index is 1100. The SMILES string of the molecule is C.CC1=NCc2ccc(-c3ccnc(C(=O)NC(CN)c4cccc(C)c4)c3)cc21. The van der Waals surface area contributed by atoms with Crippen molar-refractivity contribution in [2.75, 3.05) is 6.54 Å². The summed E-state index contributed by atoms with van der Waals surface area (Å²) in [6.45, 7) is 5.11. The highest BCUT2D eigenvalue weighted by Crippen LogP contribution is 2.27. The molecule has 5 heteroatoms. The summed E-state index contributed by atoms with van der Waals surface area (Å²) < 4.78 is 0. The number of carbonyl (C=O) groups excluding carboxylic acids is 1. The first-order valence-corrected chi connectivity index (χ1v) is 9.73. The fourth-order valence-corrected chi connectivity index (χ4v) is 3.65. The van der Waals surface area contributed by atoms with Crippen LogP contribution in [0, 0.1) is 6.92 Å². The third kappa shape index (κ3) is 4.31. The van der Waals surface area contributed by atoms with Gasteiger partial charge in [-0.2, -0.15) is 0 Å². The number of hydrogen-bond acceptors (Lipinski definition) is 4. The summed E-state index contributed by atoms with van der Waals surface area (Å²) in [5.74, 6) is -0.234. The lowest BCUT2D eigenvalue weighted by atomic mass is 9.98. The zero-order valence-corrected chi connectivity index (χ0v) is 16.6. The molecule has 1 aromatic heterocycles. The monoisotopic (exact) mass is 400 g/mol. The summed E-state index contributed by atoms with van der Waals surface area (Å²) in [6.07, 6.45) is 1.67. The average Bonchev–Trinajstić information content (AvgIpc) is 3.12. The molecule has 0 spiro atoms. The Balaban J connectivity index is 0.00000256. The summed E-state index contributed by atoms with van der Waals surface area (Å²) >= 11 is 0. The number of nitrogens with zero attached hydrogens (tertiary/aromatic N) is 2. The van der Waals surface area contributed by atoms with E-state index in [0.717, 1.165) is 34.5 Å². The largest absolute Gasteiger partial charge is 0.343 e. The van der Waals surface area contributed by atoms with Crippen molar-refractivity contribution in [3.05, 3.63) is 88.7 Å². The van der Waals surface area contributed by atoms with Crippen LogP contribution in [-0.2, 0) is 6.54 Å². The van der Waals surface area contributed by atoms with Gasteiger partial charge in [0.15, 0.2) is 0 Å². The number of fused-ring (bicyclic) bond motifs is 1. The van der Waals surface area contributed by atoms with E-state index in [1.165, 1.54) is 11.1 Å². The van der Waals surface area contributed by atoms with Gasteiger partial charge in [-0.3, -0.25) is 14.8 Å². The van der Waals surface area contributed by atoms with Crippen molar-refractivity contribution < 1.29 is 4.79 Å². The van der Waals surface area contributed by atoms with Crippen LogP contribution in [0.1, 0.15) is 53.1 Å². The first-order valence-electron chi connectivity index (χ1n) is 9.73. The lowest BCUT2D eigenvalue weighted by Gasteiger charge is -2.18. The van der Waals surface area contributed by atoms with Gasteiger partial charge in [0.2, 0.25) is 0 Å². The predicted molar refractivity (Wildman–Crippen MR) is 123 cm³/mol. The Kier molecular flexibility index (Phi) is 6.43. The topological polar surface area (TPSA) is 80.4 Å². The Morgan fingerprint density at radius 1 is 1.10 bits per heavy atom. The molecule has 1 aliphatic heterocycles. The number of benzene rings is 2. The molecule has 1 unspecified atom stereocenters. The van der Waals surface area contributed by atoms with E-state index < -0.39 is 0 Å². The van der Waals surface area contributed by atoms with Crippen molar-refractivity contribution in [2.24, 2.45) is 10.7 Å². The van der Waals surface area contributed by atoms with Crippen LogP contribution in [0.2, 0.25) is 0 Å². The van der Waals surface area contributed by atoms with Gasteiger partial charge in [-0.15, -0.1) is 0 Å². The van der Waals surface area contributed by atoms with Crippen LogP contribution in [0.15, 0.2) is 65.8 Å². The molecule has 1 aliphatic rings. The van der Waals surface area contributed by atoms with Crippen LogP contribution < -0.4 is 11.1 Å². The quantitative estimate of drug-likeness (QED) is 0.664. The molecule has 0 fully saturated rings. The number of carbonyl (C=O) groups is 1. The van der Waals surface area contributed by atoms with Crippen molar-refractivity contribution in [3.63, 3.8) is 0 Å². The highest BCUT2D eigenvalue weighted by atomic mass is 16.1. The number of hydrogen-bond donors (Lipinski definition) is 2. The van der Waals surface area contributed by atoms with E-state index >= 15 is 0 Å². The van der Waals surface area contributed by atoms with Gasteiger partial charge in [0, 0.05) is 24.0 Å². The maximum absolute atomic E-state index is 12.8. The molecule has 30 heavy (non-hydrogen) atoms. The number of nitrogens with one attached hydrogen (secondary N) is 1. The lowest BCUT2D eigenvalue weighted by Crippen LogP contribution is -2.33. The molecule has 0 saturated carbocycles. The molecule has 5 nitrogen and oxygen atoms in total. The highest BCUT2D eigenvalue weighted by molar-refractivity contribution is 6.03. The Morgan fingerprint density at radius 3 is 2.67 bits per heavy atom. The molecule has 1 amide bonds. The third-order valence-electron chi connectivity index (χ3n) is 5.30. The number of aromatic nitrogens is 1.